The Morgan fingerprint density at radius 1 is 1.12 bits per heavy atom. The number of methoxy groups -OCH3 is 2. The molecule has 126 valence electrons. The largest absolute Gasteiger partial charge is 0.467 e. The van der Waals surface area contributed by atoms with Gasteiger partial charge in [0, 0.05) is 5.69 Å². The van der Waals surface area contributed by atoms with Gasteiger partial charge in [0.15, 0.2) is 5.11 Å². The lowest BCUT2D eigenvalue weighted by Crippen LogP contribution is -2.28. The van der Waals surface area contributed by atoms with Crippen LogP contribution in [0.4, 0.5) is 5.69 Å². The molecule has 2 aromatic rings. The maximum Gasteiger partial charge on any atom is 0.337 e. The summed E-state index contributed by atoms with van der Waals surface area (Å²) in [7, 11) is 2.52. The van der Waals surface area contributed by atoms with Crippen LogP contribution in [0.3, 0.4) is 0 Å². The first-order valence-electron chi connectivity index (χ1n) is 6.92. The molecule has 0 unspecified atom stereocenters. The molecule has 0 aliphatic carbocycles. The number of thiocarbonyl (C=S) groups is 1. The number of carbonyl (C=O) groups excluding carboxylic acids is 2. The number of benzene rings is 1. The van der Waals surface area contributed by atoms with E-state index in [2.05, 4.69) is 20.1 Å². The van der Waals surface area contributed by atoms with Gasteiger partial charge in [-0.05, 0) is 42.5 Å². The molecule has 0 bridgehead atoms. The predicted octanol–water partition coefficient (Wildman–Crippen LogP) is 2.34. The highest BCUT2D eigenvalue weighted by Crippen LogP contribution is 2.17. The number of rotatable bonds is 5. The minimum absolute atomic E-state index is 0.205. The van der Waals surface area contributed by atoms with E-state index < -0.39 is 11.9 Å². The van der Waals surface area contributed by atoms with E-state index >= 15 is 0 Å². The fourth-order valence-corrected chi connectivity index (χ4v) is 2.12. The highest BCUT2D eigenvalue weighted by atomic mass is 32.1. The zero-order chi connectivity index (χ0) is 17.5. The Labute approximate surface area is 143 Å². The summed E-state index contributed by atoms with van der Waals surface area (Å²) >= 11 is 5.19. The summed E-state index contributed by atoms with van der Waals surface area (Å²) < 4.78 is 14.6. The topological polar surface area (TPSA) is 89.8 Å². The zero-order valence-electron chi connectivity index (χ0n) is 13.1. The van der Waals surface area contributed by atoms with Crippen molar-refractivity contribution in [3.63, 3.8) is 0 Å². The number of ether oxygens (including phenoxy) is 2. The average molecular weight is 348 g/mol. The van der Waals surface area contributed by atoms with Crippen LogP contribution < -0.4 is 10.6 Å². The number of carbonyl (C=O) groups is 2. The van der Waals surface area contributed by atoms with Gasteiger partial charge in [0.25, 0.3) is 0 Å². The lowest BCUT2D eigenvalue weighted by molar-refractivity contribution is 0.0599. The first-order chi connectivity index (χ1) is 11.5. The van der Waals surface area contributed by atoms with Gasteiger partial charge in [-0.25, -0.2) is 9.59 Å². The van der Waals surface area contributed by atoms with Crippen molar-refractivity contribution < 1.29 is 23.5 Å². The van der Waals surface area contributed by atoms with Crippen molar-refractivity contribution in [2.24, 2.45) is 0 Å². The first-order valence-corrected chi connectivity index (χ1v) is 7.33. The SMILES string of the molecule is COC(=O)c1cc(NC(=S)NCc2ccco2)cc(C(=O)OC)c1. The minimum Gasteiger partial charge on any atom is -0.467 e. The molecule has 24 heavy (non-hydrogen) atoms. The van der Waals surface area contributed by atoms with Crippen LogP contribution in [-0.4, -0.2) is 31.3 Å². The second-order valence-corrected chi connectivity index (χ2v) is 5.08. The number of esters is 2. The van der Waals surface area contributed by atoms with E-state index in [0.29, 0.717) is 17.3 Å². The van der Waals surface area contributed by atoms with Gasteiger partial charge in [-0.15, -0.1) is 0 Å². The average Bonchev–Trinajstić information content (AvgIpc) is 3.11. The molecule has 8 heteroatoms. The highest BCUT2D eigenvalue weighted by Gasteiger charge is 2.14. The van der Waals surface area contributed by atoms with Crippen molar-refractivity contribution >= 4 is 35.0 Å². The van der Waals surface area contributed by atoms with Crippen molar-refractivity contribution in [2.75, 3.05) is 19.5 Å². The van der Waals surface area contributed by atoms with Gasteiger partial charge < -0.3 is 24.5 Å². The van der Waals surface area contributed by atoms with E-state index in [1.807, 2.05) is 6.07 Å². The Bertz CT molecular complexity index is 709. The molecule has 0 atom stereocenters. The Balaban J connectivity index is 2.13. The standard InChI is InChI=1S/C16H16N2O5S/c1-21-14(19)10-6-11(15(20)22-2)8-12(7-10)18-16(24)17-9-13-4-3-5-23-13/h3-8H,9H2,1-2H3,(H2,17,18,24). The third kappa shape index (κ3) is 4.56. The quantitative estimate of drug-likeness (QED) is 0.629. The zero-order valence-corrected chi connectivity index (χ0v) is 13.9. The van der Waals surface area contributed by atoms with Crippen LogP contribution in [0, 0.1) is 0 Å². The number of anilines is 1. The smallest absolute Gasteiger partial charge is 0.337 e. The molecule has 0 aliphatic rings. The molecular formula is C16H16N2O5S. The Hall–Kier alpha value is -2.87. The predicted molar refractivity (Wildman–Crippen MR) is 90.9 cm³/mol. The van der Waals surface area contributed by atoms with Crippen LogP contribution >= 0.6 is 12.2 Å². The second-order valence-electron chi connectivity index (χ2n) is 4.67. The van der Waals surface area contributed by atoms with Gasteiger partial charge in [-0.2, -0.15) is 0 Å². The summed E-state index contributed by atoms with van der Waals surface area (Å²) in [6.07, 6.45) is 1.57. The van der Waals surface area contributed by atoms with Crippen LogP contribution in [0.1, 0.15) is 26.5 Å². The monoisotopic (exact) mass is 348 g/mol. The molecular weight excluding hydrogens is 332 g/mol. The summed E-state index contributed by atoms with van der Waals surface area (Å²) in [4.78, 5) is 23.5. The van der Waals surface area contributed by atoms with Crippen molar-refractivity contribution in [3.05, 3.63) is 53.5 Å². The molecule has 1 aromatic carbocycles. The van der Waals surface area contributed by atoms with E-state index in [1.165, 1.54) is 32.4 Å². The van der Waals surface area contributed by atoms with E-state index in [4.69, 9.17) is 16.6 Å². The molecule has 1 aromatic heterocycles. The van der Waals surface area contributed by atoms with E-state index in [9.17, 15) is 9.59 Å². The van der Waals surface area contributed by atoms with Crippen molar-refractivity contribution in [2.45, 2.75) is 6.54 Å². The van der Waals surface area contributed by atoms with Crippen molar-refractivity contribution in [1.82, 2.24) is 5.32 Å². The lowest BCUT2D eigenvalue weighted by atomic mass is 10.1. The number of furan rings is 1. The fourth-order valence-electron chi connectivity index (χ4n) is 1.93. The van der Waals surface area contributed by atoms with Gasteiger partial charge in [0.05, 0.1) is 38.2 Å². The molecule has 0 amide bonds. The third-order valence-corrected chi connectivity index (χ3v) is 3.28. The molecule has 0 radical (unpaired) electrons. The summed E-state index contributed by atoms with van der Waals surface area (Å²) in [5.74, 6) is -0.422. The van der Waals surface area contributed by atoms with Gasteiger partial charge in [-0.3, -0.25) is 0 Å². The van der Waals surface area contributed by atoms with Crippen LogP contribution in [0.25, 0.3) is 0 Å². The molecule has 2 rings (SSSR count). The van der Waals surface area contributed by atoms with Crippen molar-refractivity contribution in [1.29, 1.82) is 0 Å². The van der Waals surface area contributed by atoms with Gasteiger partial charge in [0.1, 0.15) is 5.76 Å². The van der Waals surface area contributed by atoms with E-state index in [1.54, 1.807) is 12.3 Å². The minimum atomic E-state index is -0.571. The van der Waals surface area contributed by atoms with E-state index in [0.717, 1.165) is 5.76 Å². The Morgan fingerprint density at radius 2 is 1.75 bits per heavy atom. The van der Waals surface area contributed by atoms with Gasteiger partial charge >= 0.3 is 11.9 Å². The fraction of sp³-hybridized carbons (Fsp3) is 0.188. The summed E-state index contributed by atoms with van der Waals surface area (Å²) in [5, 5.41) is 6.17. The van der Waals surface area contributed by atoms with E-state index in [-0.39, 0.29) is 11.1 Å². The molecule has 1 heterocycles. The molecule has 0 spiro atoms. The summed E-state index contributed by atoms with van der Waals surface area (Å²) in [6.45, 7) is 0.402. The Kier molecular flexibility index (Phi) is 5.91. The molecule has 0 saturated heterocycles. The number of hydrogen-bond donors (Lipinski definition) is 2. The maximum absolute atomic E-state index is 11.7. The molecule has 0 aliphatic heterocycles. The van der Waals surface area contributed by atoms with Crippen molar-refractivity contribution in [3.8, 4) is 0 Å². The van der Waals surface area contributed by atoms with Gasteiger partial charge in [-0.1, -0.05) is 0 Å². The van der Waals surface area contributed by atoms with Gasteiger partial charge in [0.2, 0.25) is 0 Å². The summed E-state index contributed by atoms with van der Waals surface area (Å²) in [5.41, 5.74) is 0.865. The first kappa shape index (κ1) is 17.5. The summed E-state index contributed by atoms with van der Waals surface area (Å²) in [6, 6.07) is 8.03. The lowest BCUT2D eigenvalue weighted by Gasteiger charge is -2.12. The maximum atomic E-state index is 11.7. The van der Waals surface area contributed by atoms with Crippen LogP contribution in [0.15, 0.2) is 41.0 Å². The molecule has 2 N–H and O–H groups in total. The van der Waals surface area contributed by atoms with Crippen LogP contribution in [0.5, 0.6) is 0 Å². The van der Waals surface area contributed by atoms with Crippen LogP contribution in [-0.2, 0) is 16.0 Å². The second kappa shape index (κ2) is 8.11. The van der Waals surface area contributed by atoms with Crippen LogP contribution in [0.2, 0.25) is 0 Å². The normalized spacial score (nSPS) is 9.92. The molecule has 0 fully saturated rings. The molecule has 7 nitrogen and oxygen atoms in total. The highest BCUT2D eigenvalue weighted by molar-refractivity contribution is 7.80. The third-order valence-electron chi connectivity index (χ3n) is 3.04. The number of nitrogens with one attached hydrogen (secondary N) is 2. The number of hydrogen-bond acceptors (Lipinski definition) is 6. The molecule has 0 saturated carbocycles. The Morgan fingerprint density at radius 3 is 2.25 bits per heavy atom.